The van der Waals surface area contributed by atoms with Crippen molar-refractivity contribution in [3.63, 3.8) is 0 Å². The zero-order valence-corrected chi connectivity index (χ0v) is 12.4. The molecule has 0 radical (unpaired) electrons. The van der Waals surface area contributed by atoms with Crippen molar-refractivity contribution in [3.05, 3.63) is 59.7 Å². The minimum absolute atomic E-state index is 0.0636. The maximum Gasteiger partial charge on any atom is 0.264 e. The largest absolute Gasteiger partial charge is 0.266 e. The van der Waals surface area contributed by atoms with Crippen LogP contribution in [0.15, 0.2) is 53.4 Å². The third-order valence-corrected chi connectivity index (χ3v) is 5.88. The van der Waals surface area contributed by atoms with Gasteiger partial charge in [0, 0.05) is 12.5 Å². The molecule has 0 spiro atoms. The van der Waals surface area contributed by atoms with Crippen molar-refractivity contribution in [3.8, 4) is 0 Å². The molecule has 1 atom stereocenters. The lowest BCUT2D eigenvalue weighted by Crippen LogP contribution is -2.30. The summed E-state index contributed by atoms with van der Waals surface area (Å²) in [7, 11) is -3.48. The molecule has 4 heteroatoms. The highest BCUT2D eigenvalue weighted by Gasteiger charge is 2.33. The van der Waals surface area contributed by atoms with Gasteiger partial charge in [-0.1, -0.05) is 43.3 Å². The van der Waals surface area contributed by atoms with Gasteiger partial charge in [0.15, 0.2) is 0 Å². The van der Waals surface area contributed by atoms with E-state index in [4.69, 9.17) is 0 Å². The first-order chi connectivity index (χ1) is 9.57. The monoisotopic (exact) mass is 287 g/mol. The molecule has 1 aliphatic heterocycles. The SMILES string of the molecule is CCN1c2ccccc2C(C)c2ccccc2S1(=O)=O. The van der Waals surface area contributed by atoms with Crippen molar-refractivity contribution in [1.82, 2.24) is 0 Å². The molecule has 0 bridgehead atoms. The van der Waals surface area contributed by atoms with E-state index in [2.05, 4.69) is 6.92 Å². The fourth-order valence-electron chi connectivity index (χ4n) is 2.91. The maximum atomic E-state index is 12.9. The highest BCUT2D eigenvalue weighted by molar-refractivity contribution is 7.93. The third-order valence-electron chi connectivity index (χ3n) is 3.91. The molecule has 0 saturated heterocycles. The Kier molecular flexibility index (Phi) is 3.05. The van der Waals surface area contributed by atoms with Crippen molar-refractivity contribution in [2.75, 3.05) is 10.8 Å². The first-order valence-electron chi connectivity index (χ1n) is 6.78. The zero-order valence-electron chi connectivity index (χ0n) is 11.6. The van der Waals surface area contributed by atoms with E-state index in [0.717, 1.165) is 16.8 Å². The van der Waals surface area contributed by atoms with Gasteiger partial charge >= 0.3 is 0 Å². The fraction of sp³-hybridized carbons (Fsp3) is 0.250. The quantitative estimate of drug-likeness (QED) is 0.806. The Labute approximate surface area is 119 Å². The Morgan fingerprint density at radius 2 is 1.60 bits per heavy atom. The summed E-state index contributed by atoms with van der Waals surface area (Å²) in [6, 6.07) is 15.0. The van der Waals surface area contributed by atoms with Crippen LogP contribution in [-0.2, 0) is 10.0 Å². The van der Waals surface area contributed by atoms with Crippen LogP contribution in [0.25, 0.3) is 0 Å². The summed E-state index contributed by atoms with van der Waals surface area (Å²) in [5.41, 5.74) is 2.72. The van der Waals surface area contributed by atoms with Crippen LogP contribution in [0.1, 0.15) is 30.9 Å². The fourth-order valence-corrected chi connectivity index (χ4v) is 4.71. The zero-order chi connectivity index (χ0) is 14.3. The van der Waals surface area contributed by atoms with Gasteiger partial charge in [0.2, 0.25) is 0 Å². The molecule has 104 valence electrons. The Bertz CT molecular complexity index is 753. The van der Waals surface area contributed by atoms with Gasteiger partial charge < -0.3 is 0 Å². The molecule has 1 unspecified atom stereocenters. The topological polar surface area (TPSA) is 37.4 Å². The van der Waals surface area contributed by atoms with Crippen LogP contribution in [0.2, 0.25) is 0 Å². The number of rotatable bonds is 1. The van der Waals surface area contributed by atoms with Gasteiger partial charge in [-0.3, -0.25) is 4.31 Å². The summed E-state index contributed by atoms with van der Waals surface area (Å²) in [5, 5.41) is 0. The molecule has 0 aliphatic carbocycles. The van der Waals surface area contributed by atoms with E-state index < -0.39 is 10.0 Å². The summed E-state index contributed by atoms with van der Waals surface area (Å²) < 4.78 is 27.3. The summed E-state index contributed by atoms with van der Waals surface area (Å²) in [4.78, 5) is 0.422. The summed E-state index contributed by atoms with van der Waals surface area (Å²) in [6.45, 7) is 4.36. The second-order valence-electron chi connectivity index (χ2n) is 4.99. The van der Waals surface area contributed by atoms with Crippen LogP contribution >= 0.6 is 0 Å². The second kappa shape index (κ2) is 4.63. The van der Waals surface area contributed by atoms with E-state index in [-0.39, 0.29) is 5.92 Å². The lowest BCUT2D eigenvalue weighted by Gasteiger charge is -2.23. The molecule has 2 aromatic rings. The molecule has 0 N–H and O–H groups in total. The number of fused-ring (bicyclic) bond motifs is 2. The van der Waals surface area contributed by atoms with E-state index in [0.29, 0.717) is 11.4 Å². The third kappa shape index (κ3) is 1.75. The van der Waals surface area contributed by atoms with Gasteiger partial charge in [0.1, 0.15) is 0 Å². The number of hydrogen-bond acceptors (Lipinski definition) is 2. The van der Waals surface area contributed by atoms with Gasteiger partial charge in [-0.2, -0.15) is 0 Å². The number of nitrogens with zero attached hydrogens (tertiary/aromatic N) is 1. The molecule has 0 aromatic heterocycles. The maximum absolute atomic E-state index is 12.9. The minimum Gasteiger partial charge on any atom is -0.266 e. The Hall–Kier alpha value is -1.81. The van der Waals surface area contributed by atoms with Crippen LogP contribution in [-0.4, -0.2) is 15.0 Å². The highest BCUT2D eigenvalue weighted by atomic mass is 32.2. The second-order valence-corrected chi connectivity index (χ2v) is 6.82. The molecule has 0 amide bonds. The van der Waals surface area contributed by atoms with Crippen LogP contribution in [0.5, 0.6) is 0 Å². The van der Waals surface area contributed by atoms with Crippen molar-refractivity contribution in [2.24, 2.45) is 0 Å². The number of hydrogen-bond donors (Lipinski definition) is 0. The summed E-state index contributed by atoms with van der Waals surface area (Å²) in [6.07, 6.45) is 0. The van der Waals surface area contributed by atoms with E-state index in [1.54, 1.807) is 12.1 Å². The smallest absolute Gasteiger partial charge is 0.264 e. The van der Waals surface area contributed by atoms with E-state index >= 15 is 0 Å². The molecule has 3 nitrogen and oxygen atoms in total. The average molecular weight is 287 g/mol. The first-order valence-corrected chi connectivity index (χ1v) is 8.22. The average Bonchev–Trinajstić information content (AvgIpc) is 2.53. The summed E-state index contributed by atoms with van der Waals surface area (Å²) in [5.74, 6) is 0.0636. The number of benzene rings is 2. The van der Waals surface area contributed by atoms with Crippen LogP contribution in [0.3, 0.4) is 0 Å². The van der Waals surface area contributed by atoms with Gasteiger partial charge in [-0.05, 0) is 30.2 Å². The van der Waals surface area contributed by atoms with E-state index in [9.17, 15) is 8.42 Å². The Balaban J connectivity index is 2.41. The Morgan fingerprint density at radius 1 is 1.00 bits per heavy atom. The van der Waals surface area contributed by atoms with Crippen molar-refractivity contribution in [2.45, 2.75) is 24.7 Å². The van der Waals surface area contributed by atoms with Crippen molar-refractivity contribution in [1.29, 1.82) is 0 Å². The van der Waals surface area contributed by atoms with Crippen LogP contribution < -0.4 is 4.31 Å². The molecule has 20 heavy (non-hydrogen) atoms. The van der Waals surface area contributed by atoms with Gasteiger partial charge in [0.25, 0.3) is 10.0 Å². The van der Waals surface area contributed by atoms with E-state index in [1.165, 1.54) is 4.31 Å². The lowest BCUT2D eigenvalue weighted by molar-refractivity contribution is 0.591. The molecule has 1 aliphatic rings. The first kappa shape index (κ1) is 13.2. The predicted octanol–water partition coefficient (Wildman–Crippen LogP) is 3.37. The summed E-state index contributed by atoms with van der Waals surface area (Å²) >= 11 is 0. The molecule has 2 aromatic carbocycles. The minimum atomic E-state index is -3.48. The van der Waals surface area contributed by atoms with Gasteiger partial charge in [-0.15, -0.1) is 0 Å². The molecule has 0 saturated carbocycles. The molecular weight excluding hydrogens is 270 g/mol. The lowest BCUT2D eigenvalue weighted by atomic mass is 9.92. The van der Waals surface area contributed by atoms with Gasteiger partial charge in [-0.25, -0.2) is 8.42 Å². The van der Waals surface area contributed by atoms with Crippen molar-refractivity contribution < 1.29 is 8.42 Å². The molecule has 1 heterocycles. The van der Waals surface area contributed by atoms with Gasteiger partial charge in [0.05, 0.1) is 10.6 Å². The van der Waals surface area contributed by atoms with Crippen molar-refractivity contribution >= 4 is 15.7 Å². The van der Waals surface area contributed by atoms with E-state index in [1.807, 2.05) is 43.3 Å². The number of para-hydroxylation sites is 1. The molecular formula is C16H17NO2S. The standard InChI is InChI=1S/C16H17NO2S/c1-3-17-15-10-6-4-8-13(15)12(2)14-9-5-7-11-16(14)20(17,18)19/h4-12H,3H2,1-2H3. The highest BCUT2D eigenvalue weighted by Crippen LogP contribution is 2.41. The molecule has 3 rings (SSSR count). The Morgan fingerprint density at radius 3 is 2.30 bits per heavy atom. The predicted molar refractivity (Wildman–Crippen MR) is 80.6 cm³/mol. The van der Waals surface area contributed by atoms with Crippen LogP contribution in [0, 0.1) is 0 Å². The van der Waals surface area contributed by atoms with Crippen LogP contribution in [0.4, 0.5) is 5.69 Å². The number of sulfonamides is 1. The normalized spacial score (nSPS) is 19.9. The molecule has 0 fully saturated rings. The number of anilines is 1.